The SMILES string of the molecule is Cc1cc(C)nc(SCC(=O)N/N=C2/CCc3ccccc32)n1. The Morgan fingerprint density at radius 1 is 1.22 bits per heavy atom. The lowest BCUT2D eigenvalue weighted by Gasteiger charge is -2.03. The quantitative estimate of drug-likeness (QED) is 0.533. The molecular weight excluding hydrogens is 308 g/mol. The molecule has 3 rings (SSSR count). The topological polar surface area (TPSA) is 67.2 Å². The van der Waals surface area contributed by atoms with Gasteiger partial charge in [0.2, 0.25) is 0 Å². The summed E-state index contributed by atoms with van der Waals surface area (Å²) in [6, 6.07) is 10.1. The highest BCUT2D eigenvalue weighted by molar-refractivity contribution is 7.99. The molecular formula is C17H18N4OS. The molecule has 0 atom stereocenters. The molecule has 0 fully saturated rings. The zero-order valence-electron chi connectivity index (χ0n) is 13.2. The molecule has 118 valence electrons. The minimum Gasteiger partial charge on any atom is -0.272 e. The standard InChI is InChI=1S/C17H18N4OS/c1-11-9-12(2)19-17(18-11)23-10-16(22)21-20-15-8-7-13-5-3-4-6-14(13)15/h3-6,9H,7-8,10H2,1-2H3,(H,21,22)/b20-15-. The first-order chi connectivity index (χ1) is 11.1. The maximum absolute atomic E-state index is 12.0. The Balaban J connectivity index is 1.57. The first-order valence-electron chi connectivity index (χ1n) is 7.50. The van der Waals surface area contributed by atoms with E-state index in [1.807, 2.05) is 38.1 Å². The summed E-state index contributed by atoms with van der Waals surface area (Å²) in [5, 5.41) is 4.90. The van der Waals surface area contributed by atoms with Gasteiger partial charge in [-0.15, -0.1) is 0 Å². The summed E-state index contributed by atoms with van der Waals surface area (Å²) in [4.78, 5) is 20.6. The van der Waals surface area contributed by atoms with Crippen LogP contribution < -0.4 is 5.43 Å². The Morgan fingerprint density at radius 2 is 1.96 bits per heavy atom. The van der Waals surface area contributed by atoms with Crippen LogP contribution in [-0.4, -0.2) is 27.3 Å². The molecule has 6 heteroatoms. The summed E-state index contributed by atoms with van der Waals surface area (Å²) in [6.45, 7) is 3.84. The van der Waals surface area contributed by atoms with E-state index in [0.717, 1.165) is 35.5 Å². The Labute approximate surface area is 139 Å². The van der Waals surface area contributed by atoms with Gasteiger partial charge in [-0.1, -0.05) is 36.0 Å². The van der Waals surface area contributed by atoms with Crippen molar-refractivity contribution in [2.45, 2.75) is 31.8 Å². The number of hydrogen-bond acceptors (Lipinski definition) is 5. The zero-order chi connectivity index (χ0) is 16.2. The second-order valence-corrected chi connectivity index (χ2v) is 6.42. The van der Waals surface area contributed by atoms with Crippen molar-refractivity contribution in [2.24, 2.45) is 5.10 Å². The number of aromatic nitrogens is 2. The molecule has 0 radical (unpaired) electrons. The van der Waals surface area contributed by atoms with Crippen molar-refractivity contribution < 1.29 is 4.79 Å². The minimum absolute atomic E-state index is 0.144. The molecule has 0 unspecified atom stereocenters. The van der Waals surface area contributed by atoms with Crippen molar-refractivity contribution in [3.63, 3.8) is 0 Å². The van der Waals surface area contributed by atoms with Crippen molar-refractivity contribution in [3.8, 4) is 0 Å². The van der Waals surface area contributed by atoms with Gasteiger partial charge in [0.15, 0.2) is 5.16 Å². The van der Waals surface area contributed by atoms with Gasteiger partial charge in [0.25, 0.3) is 5.91 Å². The van der Waals surface area contributed by atoms with E-state index >= 15 is 0 Å². The number of rotatable bonds is 4. The smallest absolute Gasteiger partial charge is 0.250 e. The second-order valence-electron chi connectivity index (χ2n) is 5.47. The Hall–Kier alpha value is -2.21. The van der Waals surface area contributed by atoms with Crippen LogP contribution in [0.15, 0.2) is 40.6 Å². The van der Waals surface area contributed by atoms with Crippen LogP contribution in [0.3, 0.4) is 0 Å². The Morgan fingerprint density at radius 3 is 2.74 bits per heavy atom. The van der Waals surface area contributed by atoms with Crippen LogP contribution >= 0.6 is 11.8 Å². The number of thioether (sulfide) groups is 1. The Bertz CT molecular complexity index is 753. The molecule has 1 heterocycles. The normalized spacial score (nSPS) is 14.8. The number of nitrogens with zero attached hydrogens (tertiary/aromatic N) is 3. The van der Waals surface area contributed by atoms with Crippen LogP contribution in [0, 0.1) is 13.8 Å². The van der Waals surface area contributed by atoms with Crippen molar-refractivity contribution in [1.29, 1.82) is 0 Å². The summed E-state index contributed by atoms with van der Waals surface area (Å²) >= 11 is 1.32. The number of hydrogen-bond donors (Lipinski definition) is 1. The fourth-order valence-corrected chi connectivity index (χ4v) is 3.32. The molecule has 1 aromatic carbocycles. The van der Waals surface area contributed by atoms with Gasteiger partial charge in [0.1, 0.15) is 0 Å². The van der Waals surface area contributed by atoms with E-state index in [0.29, 0.717) is 5.16 Å². The van der Waals surface area contributed by atoms with E-state index in [-0.39, 0.29) is 11.7 Å². The van der Waals surface area contributed by atoms with Crippen LogP contribution in [0.1, 0.15) is 28.9 Å². The van der Waals surface area contributed by atoms with Gasteiger partial charge in [0, 0.05) is 17.0 Å². The summed E-state index contributed by atoms with van der Waals surface area (Å²) in [6.07, 6.45) is 1.85. The molecule has 1 N–H and O–H groups in total. The van der Waals surface area contributed by atoms with E-state index in [2.05, 4.69) is 26.6 Å². The van der Waals surface area contributed by atoms with E-state index in [4.69, 9.17) is 0 Å². The number of fused-ring (bicyclic) bond motifs is 1. The maximum Gasteiger partial charge on any atom is 0.250 e. The molecule has 1 aliphatic rings. The highest BCUT2D eigenvalue weighted by Gasteiger charge is 2.17. The average Bonchev–Trinajstić information content (AvgIpc) is 2.93. The van der Waals surface area contributed by atoms with Gasteiger partial charge in [-0.3, -0.25) is 4.79 Å². The molecule has 1 aliphatic carbocycles. The monoisotopic (exact) mass is 326 g/mol. The average molecular weight is 326 g/mol. The maximum atomic E-state index is 12.0. The van der Waals surface area contributed by atoms with Gasteiger partial charge in [-0.25, -0.2) is 15.4 Å². The molecule has 0 aliphatic heterocycles. The van der Waals surface area contributed by atoms with Gasteiger partial charge >= 0.3 is 0 Å². The summed E-state index contributed by atoms with van der Waals surface area (Å²) in [5.41, 5.74) is 7.82. The first-order valence-corrected chi connectivity index (χ1v) is 8.49. The van der Waals surface area contributed by atoms with E-state index < -0.39 is 0 Å². The van der Waals surface area contributed by atoms with Crippen LogP contribution in [0.2, 0.25) is 0 Å². The van der Waals surface area contributed by atoms with Gasteiger partial charge < -0.3 is 0 Å². The number of amides is 1. The molecule has 0 saturated carbocycles. The lowest BCUT2D eigenvalue weighted by molar-refractivity contribution is -0.118. The zero-order valence-corrected chi connectivity index (χ0v) is 14.0. The minimum atomic E-state index is -0.144. The van der Waals surface area contributed by atoms with Gasteiger partial charge in [0.05, 0.1) is 11.5 Å². The molecule has 5 nitrogen and oxygen atoms in total. The first kappa shape index (κ1) is 15.7. The molecule has 1 aromatic heterocycles. The van der Waals surface area contributed by atoms with Gasteiger partial charge in [-0.2, -0.15) is 5.10 Å². The molecule has 2 aromatic rings. The predicted octanol–water partition coefficient (Wildman–Crippen LogP) is 2.65. The lowest BCUT2D eigenvalue weighted by Crippen LogP contribution is -2.21. The van der Waals surface area contributed by atoms with Crippen molar-refractivity contribution >= 4 is 23.4 Å². The fourth-order valence-electron chi connectivity index (χ4n) is 2.57. The highest BCUT2D eigenvalue weighted by atomic mass is 32.2. The molecule has 0 bridgehead atoms. The van der Waals surface area contributed by atoms with Crippen LogP contribution in [-0.2, 0) is 11.2 Å². The van der Waals surface area contributed by atoms with Crippen molar-refractivity contribution in [1.82, 2.24) is 15.4 Å². The van der Waals surface area contributed by atoms with Gasteiger partial charge in [-0.05, 0) is 38.3 Å². The number of carbonyl (C=O) groups is 1. The summed E-state index contributed by atoms with van der Waals surface area (Å²) < 4.78 is 0. The third-order valence-electron chi connectivity index (χ3n) is 3.57. The molecule has 0 saturated heterocycles. The van der Waals surface area contributed by atoms with Crippen LogP contribution in [0.25, 0.3) is 0 Å². The highest BCUT2D eigenvalue weighted by Crippen LogP contribution is 2.21. The summed E-state index contributed by atoms with van der Waals surface area (Å²) in [5.74, 6) is 0.107. The number of nitrogens with one attached hydrogen (secondary N) is 1. The van der Waals surface area contributed by atoms with E-state index in [9.17, 15) is 4.79 Å². The number of aryl methyl sites for hydroxylation is 3. The predicted molar refractivity (Wildman–Crippen MR) is 91.7 cm³/mol. The van der Waals surface area contributed by atoms with Crippen molar-refractivity contribution in [3.05, 3.63) is 52.8 Å². The lowest BCUT2D eigenvalue weighted by atomic mass is 10.1. The van der Waals surface area contributed by atoms with Crippen LogP contribution in [0.4, 0.5) is 0 Å². The summed E-state index contributed by atoms with van der Waals surface area (Å²) in [7, 11) is 0. The third-order valence-corrected chi connectivity index (χ3v) is 4.42. The Kier molecular flexibility index (Phi) is 4.71. The molecule has 0 spiro atoms. The largest absolute Gasteiger partial charge is 0.272 e. The van der Waals surface area contributed by atoms with E-state index in [1.165, 1.54) is 17.3 Å². The number of hydrazone groups is 1. The second kappa shape index (κ2) is 6.91. The number of benzene rings is 1. The fraction of sp³-hybridized carbons (Fsp3) is 0.294. The number of carbonyl (C=O) groups excluding carboxylic acids is 1. The van der Waals surface area contributed by atoms with Crippen molar-refractivity contribution in [2.75, 3.05) is 5.75 Å². The van der Waals surface area contributed by atoms with E-state index in [1.54, 1.807) is 0 Å². The molecule has 23 heavy (non-hydrogen) atoms. The molecule has 1 amide bonds. The third kappa shape index (κ3) is 3.96. The van der Waals surface area contributed by atoms with Crippen LogP contribution in [0.5, 0.6) is 0 Å².